The first-order valence-corrected chi connectivity index (χ1v) is 9.79. The monoisotopic (exact) mass is 361 g/mol. The van der Waals surface area contributed by atoms with Gasteiger partial charge in [-0.15, -0.1) is 11.3 Å². The van der Waals surface area contributed by atoms with E-state index in [1.165, 1.54) is 34.0 Å². The van der Waals surface area contributed by atoms with E-state index in [0.29, 0.717) is 30.9 Å². The Hall–Kier alpha value is -1.00. The Balaban J connectivity index is 1.98. The highest BCUT2D eigenvalue weighted by atomic mass is 32.2. The van der Waals surface area contributed by atoms with Gasteiger partial charge in [0.2, 0.25) is 0 Å². The van der Waals surface area contributed by atoms with Crippen LogP contribution in [0.1, 0.15) is 22.5 Å². The summed E-state index contributed by atoms with van der Waals surface area (Å²) in [4.78, 5) is 12.6. The highest BCUT2D eigenvalue weighted by Crippen LogP contribution is 2.19. The molecule has 23 heavy (non-hydrogen) atoms. The number of nitrogens with zero attached hydrogens (tertiary/aromatic N) is 2. The molecule has 0 atom stereocenters. The van der Waals surface area contributed by atoms with Crippen LogP contribution in [0, 0.1) is 0 Å². The average Bonchev–Trinajstić information content (AvgIpc) is 3.06. The maximum absolute atomic E-state index is 12.5. The van der Waals surface area contributed by atoms with Crippen LogP contribution in [0.15, 0.2) is 17.5 Å². The molecule has 0 unspecified atom stereocenters. The number of hydrogen-bond acceptors (Lipinski definition) is 5. The van der Waals surface area contributed by atoms with Crippen molar-refractivity contribution >= 4 is 27.5 Å². The van der Waals surface area contributed by atoms with Gasteiger partial charge in [-0.2, -0.15) is 17.0 Å². The first kappa shape index (κ1) is 18.3. The van der Waals surface area contributed by atoms with Crippen molar-refractivity contribution in [3.8, 4) is 0 Å². The van der Waals surface area contributed by atoms with E-state index in [9.17, 15) is 13.2 Å². The zero-order valence-electron chi connectivity index (χ0n) is 13.4. The molecule has 130 valence electrons. The maximum atomic E-state index is 12.5. The van der Waals surface area contributed by atoms with Gasteiger partial charge in [0.15, 0.2) is 0 Å². The van der Waals surface area contributed by atoms with Crippen molar-refractivity contribution in [2.45, 2.75) is 18.9 Å². The second-order valence-corrected chi connectivity index (χ2v) is 8.52. The molecule has 1 aliphatic rings. The number of ether oxygens (including phenoxy) is 1. The number of carbonyl (C=O) groups is 1. The van der Waals surface area contributed by atoms with Gasteiger partial charge in [-0.25, -0.2) is 0 Å². The highest BCUT2D eigenvalue weighted by molar-refractivity contribution is 7.86. The van der Waals surface area contributed by atoms with Crippen molar-refractivity contribution in [2.24, 2.45) is 0 Å². The second-order valence-electron chi connectivity index (χ2n) is 5.48. The molecule has 0 aromatic carbocycles. The van der Waals surface area contributed by atoms with Gasteiger partial charge < -0.3 is 10.1 Å². The van der Waals surface area contributed by atoms with Crippen LogP contribution < -0.4 is 5.32 Å². The van der Waals surface area contributed by atoms with Gasteiger partial charge in [-0.1, -0.05) is 6.07 Å². The van der Waals surface area contributed by atoms with E-state index in [-0.39, 0.29) is 25.0 Å². The van der Waals surface area contributed by atoms with Gasteiger partial charge in [-0.05, 0) is 24.3 Å². The summed E-state index contributed by atoms with van der Waals surface area (Å²) in [5.41, 5.74) is 0. The lowest BCUT2D eigenvalue weighted by Gasteiger charge is -2.34. The molecule has 0 radical (unpaired) electrons. The molecule has 2 rings (SSSR count). The van der Waals surface area contributed by atoms with Crippen molar-refractivity contribution in [2.75, 3.05) is 40.4 Å². The summed E-state index contributed by atoms with van der Waals surface area (Å²) in [6.07, 6.45) is 1.35. The van der Waals surface area contributed by atoms with Crippen LogP contribution in [-0.2, 0) is 14.9 Å². The normalized spacial score (nSPS) is 16.9. The quantitative estimate of drug-likeness (QED) is 0.778. The first-order valence-electron chi connectivity index (χ1n) is 7.51. The Labute approximate surface area is 141 Å². The average molecular weight is 361 g/mol. The van der Waals surface area contributed by atoms with Crippen molar-refractivity contribution in [3.05, 3.63) is 22.4 Å². The van der Waals surface area contributed by atoms with Crippen LogP contribution in [-0.4, -0.2) is 69.4 Å². The first-order chi connectivity index (χ1) is 10.9. The molecule has 0 spiro atoms. The van der Waals surface area contributed by atoms with Crippen LogP contribution >= 0.6 is 11.3 Å². The van der Waals surface area contributed by atoms with Gasteiger partial charge >= 0.3 is 0 Å². The topological polar surface area (TPSA) is 79.0 Å². The zero-order chi connectivity index (χ0) is 16.9. The number of carbonyl (C=O) groups excluding carboxylic acids is 1. The molecule has 1 N–H and O–H groups in total. The van der Waals surface area contributed by atoms with Crippen molar-refractivity contribution in [1.29, 1.82) is 0 Å². The minimum atomic E-state index is -3.53. The molecular formula is C14H23N3O4S2. The largest absolute Gasteiger partial charge is 0.381 e. The summed E-state index contributed by atoms with van der Waals surface area (Å²) >= 11 is 1.36. The third-order valence-corrected chi connectivity index (χ3v) is 6.58. The summed E-state index contributed by atoms with van der Waals surface area (Å²) in [6, 6.07) is 3.46. The van der Waals surface area contributed by atoms with E-state index < -0.39 is 10.2 Å². The van der Waals surface area contributed by atoms with Gasteiger partial charge in [0.25, 0.3) is 16.1 Å². The lowest BCUT2D eigenvalue weighted by molar-refractivity contribution is 0.0571. The minimum Gasteiger partial charge on any atom is -0.381 e. The summed E-state index contributed by atoms with van der Waals surface area (Å²) in [5.74, 6) is -0.172. The number of amides is 1. The fourth-order valence-corrected chi connectivity index (χ4v) is 4.41. The Morgan fingerprint density at radius 2 is 2.09 bits per heavy atom. The molecule has 9 heteroatoms. The third kappa shape index (κ3) is 4.74. The molecule has 1 aromatic rings. The summed E-state index contributed by atoms with van der Waals surface area (Å²) in [7, 11) is -0.488. The summed E-state index contributed by atoms with van der Waals surface area (Å²) in [6.45, 7) is 1.65. The standard InChI is InChI=1S/C14H23N3O4S2/c1-16(2)23(19,20)17(12-5-9-21-10-6-12)8-7-15-14(18)13-4-3-11-22-13/h3-4,11-12H,5-10H2,1-2H3,(H,15,18). The van der Waals surface area contributed by atoms with Crippen molar-refractivity contribution in [1.82, 2.24) is 13.9 Å². The van der Waals surface area contributed by atoms with Crippen LogP contribution in [0.3, 0.4) is 0 Å². The number of rotatable bonds is 7. The summed E-state index contributed by atoms with van der Waals surface area (Å²) < 4.78 is 33.1. The predicted octanol–water partition coefficient (Wildman–Crippen LogP) is 0.765. The van der Waals surface area contributed by atoms with Crippen LogP contribution in [0.2, 0.25) is 0 Å². The van der Waals surface area contributed by atoms with Gasteiger partial charge in [0.1, 0.15) is 0 Å². The fourth-order valence-electron chi connectivity index (χ4n) is 2.44. The SMILES string of the molecule is CN(C)S(=O)(=O)N(CCNC(=O)c1cccs1)C1CCOCC1. The van der Waals surface area contributed by atoms with Crippen LogP contribution in [0.4, 0.5) is 0 Å². The Morgan fingerprint density at radius 1 is 1.39 bits per heavy atom. The predicted molar refractivity (Wildman–Crippen MR) is 89.8 cm³/mol. The van der Waals surface area contributed by atoms with E-state index in [1.54, 1.807) is 6.07 Å². The number of thiophene rings is 1. The molecule has 1 aromatic heterocycles. The van der Waals surface area contributed by atoms with E-state index >= 15 is 0 Å². The summed E-state index contributed by atoms with van der Waals surface area (Å²) in [5, 5.41) is 4.61. The molecule has 1 amide bonds. The van der Waals surface area contributed by atoms with Gasteiger partial charge in [0.05, 0.1) is 4.88 Å². The molecule has 1 fully saturated rings. The molecule has 0 saturated carbocycles. The molecule has 0 aliphatic carbocycles. The van der Waals surface area contributed by atoms with Crippen LogP contribution in [0.5, 0.6) is 0 Å². The maximum Gasteiger partial charge on any atom is 0.281 e. The van der Waals surface area contributed by atoms with Crippen LogP contribution in [0.25, 0.3) is 0 Å². The fraction of sp³-hybridized carbons (Fsp3) is 0.643. The second kappa shape index (κ2) is 8.20. The molecule has 1 saturated heterocycles. The smallest absolute Gasteiger partial charge is 0.281 e. The lowest BCUT2D eigenvalue weighted by atomic mass is 10.1. The van der Waals surface area contributed by atoms with E-state index in [1.807, 2.05) is 11.4 Å². The van der Waals surface area contributed by atoms with Crippen molar-refractivity contribution in [3.63, 3.8) is 0 Å². The molecule has 7 nitrogen and oxygen atoms in total. The van der Waals surface area contributed by atoms with E-state index in [0.717, 1.165) is 0 Å². The minimum absolute atomic E-state index is 0.0882. The highest BCUT2D eigenvalue weighted by Gasteiger charge is 2.32. The van der Waals surface area contributed by atoms with E-state index in [2.05, 4.69) is 5.32 Å². The molecule has 1 aliphatic heterocycles. The van der Waals surface area contributed by atoms with E-state index in [4.69, 9.17) is 4.74 Å². The molecule has 0 bridgehead atoms. The number of nitrogens with one attached hydrogen (secondary N) is 1. The zero-order valence-corrected chi connectivity index (χ0v) is 15.0. The molecular weight excluding hydrogens is 338 g/mol. The lowest BCUT2D eigenvalue weighted by Crippen LogP contribution is -2.50. The molecule has 2 heterocycles. The number of hydrogen-bond donors (Lipinski definition) is 1. The Bertz CT molecular complexity index is 596. The Morgan fingerprint density at radius 3 is 2.65 bits per heavy atom. The van der Waals surface area contributed by atoms with Gasteiger partial charge in [0, 0.05) is 46.4 Å². The van der Waals surface area contributed by atoms with Gasteiger partial charge in [-0.3, -0.25) is 4.79 Å². The van der Waals surface area contributed by atoms with Crippen molar-refractivity contribution < 1.29 is 17.9 Å². The third-order valence-electron chi connectivity index (χ3n) is 3.72. The Kier molecular flexibility index (Phi) is 6.54.